The fourth-order valence-corrected chi connectivity index (χ4v) is 8.46. The number of esters is 3. The van der Waals surface area contributed by atoms with E-state index in [1.807, 2.05) is 0 Å². The summed E-state index contributed by atoms with van der Waals surface area (Å²) >= 11 is 0. The number of hydrogen-bond acceptors (Lipinski definition) is 6. The number of hydrogen-bond donors (Lipinski definition) is 0. The Morgan fingerprint density at radius 1 is 0.253 bits per heavy atom. The quantitative estimate of drug-likeness (QED) is 0.0261. The molecule has 1 unspecified atom stereocenters. The third-order valence-corrected chi connectivity index (χ3v) is 13.4. The minimum atomic E-state index is -0.817. The summed E-state index contributed by atoms with van der Waals surface area (Å²) in [5, 5.41) is 0. The molecule has 464 valence electrons. The maximum atomic E-state index is 12.9. The van der Waals surface area contributed by atoms with Gasteiger partial charge < -0.3 is 14.2 Å². The second kappa shape index (κ2) is 69.0. The highest BCUT2D eigenvalue weighted by atomic mass is 16.6. The van der Waals surface area contributed by atoms with Gasteiger partial charge in [0, 0.05) is 19.3 Å². The molecule has 0 amide bonds. The highest BCUT2D eigenvalue weighted by Gasteiger charge is 2.19. The van der Waals surface area contributed by atoms with Crippen molar-refractivity contribution in [2.45, 2.75) is 271 Å². The maximum absolute atomic E-state index is 12.9. The van der Waals surface area contributed by atoms with E-state index in [0.29, 0.717) is 12.8 Å². The normalized spacial score (nSPS) is 13.3. The molecule has 0 N–H and O–H groups in total. The van der Waals surface area contributed by atoms with Crippen LogP contribution >= 0.6 is 0 Å². The Hall–Kier alpha value is -5.49. The molecular formula is C77H120O6. The van der Waals surface area contributed by atoms with Gasteiger partial charge in [0.05, 0.1) is 0 Å². The van der Waals surface area contributed by atoms with Gasteiger partial charge in [-0.05, 0) is 161 Å². The third kappa shape index (κ3) is 67.2. The standard InChI is InChI=1S/C77H120O6/c1-4-7-10-13-16-19-22-25-28-30-31-32-33-34-35-36-37-38-39-40-41-42-43-44-45-47-49-52-55-58-61-64-67-70-76(79)82-73-74(72-81-75(78)69-66-63-60-57-54-51-48-27-24-21-18-15-12-9-6-3)83-77(80)71-68-65-62-59-56-53-50-46-29-26-23-20-17-14-11-8-5-2/h7-8,10-11,16-21,25-29,31-32,34-35,37-38,40-41,43-44,47-50,53,74H,4-6,9,12-15,22-24,30,33,36,39,42,45-46,51-52,54-73H2,1-3H3/b10-7-,11-8-,19-16-,20-17-,21-18-,28-25-,29-26-,32-31-,35-34-,38-37-,41-40-,44-43-,48-27-,49-47-,53-50-. The van der Waals surface area contributed by atoms with Crippen molar-refractivity contribution in [3.63, 3.8) is 0 Å². The van der Waals surface area contributed by atoms with Crippen molar-refractivity contribution in [2.75, 3.05) is 13.2 Å². The lowest BCUT2D eigenvalue weighted by Crippen LogP contribution is -2.30. The fourth-order valence-electron chi connectivity index (χ4n) is 8.46. The van der Waals surface area contributed by atoms with Crippen molar-refractivity contribution in [3.05, 3.63) is 182 Å². The molecule has 1 atom stereocenters. The lowest BCUT2D eigenvalue weighted by molar-refractivity contribution is -0.167. The molecule has 0 aliphatic carbocycles. The molecule has 0 fully saturated rings. The molecule has 83 heavy (non-hydrogen) atoms. The van der Waals surface area contributed by atoms with E-state index >= 15 is 0 Å². The first-order valence-electron chi connectivity index (χ1n) is 33.3. The smallest absolute Gasteiger partial charge is 0.306 e. The molecule has 0 aromatic carbocycles. The number of allylic oxidation sites excluding steroid dienone is 30. The fraction of sp³-hybridized carbons (Fsp3) is 0.571. The van der Waals surface area contributed by atoms with E-state index < -0.39 is 6.10 Å². The molecule has 0 bridgehead atoms. The van der Waals surface area contributed by atoms with Gasteiger partial charge in [0.1, 0.15) is 13.2 Å². The van der Waals surface area contributed by atoms with Gasteiger partial charge in [0.2, 0.25) is 0 Å². The zero-order valence-corrected chi connectivity index (χ0v) is 53.1. The second-order valence-electron chi connectivity index (χ2n) is 21.3. The van der Waals surface area contributed by atoms with Crippen molar-refractivity contribution < 1.29 is 28.6 Å². The first-order valence-corrected chi connectivity index (χ1v) is 33.3. The van der Waals surface area contributed by atoms with Crippen molar-refractivity contribution in [1.82, 2.24) is 0 Å². The molecular weight excluding hydrogens is 1020 g/mol. The summed E-state index contributed by atoms with van der Waals surface area (Å²) in [5.41, 5.74) is 0. The monoisotopic (exact) mass is 1140 g/mol. The van der Waals surface area contributed by atoms with Gasteiger partial charge in [-0.25, -0.2) is 0 Å². The third-order valence-electron chi connectivity index (χ3n) is 13.4. The summed E-state index contributed by atoms with van der Waals surface area (Å²) in [7, 11) is 0. The summed E-state index contributed by atoms with van der Waals surface area (Å²) in [5.74, 6) is -0.972. The predicted molar refractivity (Wildman–Crippen MR) is 361 cm³/mol. The number of unbranched alkanes of at least 4 members (excludes halogenated alkanes) is 17. The van der Waals surface area contributed by atoms with Crippen LogP contribution < -0.4 is 0 Å². The van der Waals surface area contributed by atoms with E-state index in [1.54, 1.807) is 0 Å². The molecule has 0 rings (SSSR count). The number of ether oxygens (including phenoxy) is 3. The van der Waals surface area contributed by atoms with Crippen LogP contribution in [0.15, 0.2) is 182 Å². The first-order chi connectivity index (χ1) is 41.0. The van der Waals surface area contributed by atoms with Crippen molar-refractivity contribution in [3.8, 4) is 0 Å². The van der Waals surface area contributed by atoms with Crippen LogP contribution in [-0.4, -0.2) is 37.2 Å². The molecule has 0 aliphatic heterocycles. The molecule has 0 saturated heterocycles. The van der Waals surface area contributed by atoms with E-state index in [-0.39, 0.29) is 37.5 Å². The van der Waals surface area contributed by atoms with E-state index in [0.717, 1.165) is 199 Å². The maximum Gasteiger partial charge on any atom is 0.306 e. The van der Waals surface area contributed by atoms with Crippen LogP contribution in [0.5, 0.6) is 0 Å². The largest absolute Gasteiger partial charge is 0.462 e. The van der Waals surface area contributed by atoms with Gasteiger partial charge in [-0.1, -0.05) is 267 Å². The molecule has 0 saturated carbocycles. The van der Waals surface area contributed by atoms with E-state index in [9.17, 15) is 14.4 Å². The van der Waals surface area contributed by atoms with Crippen LogP contribution in [0.25, 0.3) is 0 Å². The first kappa shape index (κ1) is 77.5. The SMILES string of the molecule is CC/C=C\C/C=C\C/C=C\C/C=C\C/C=C\C/C=C\C/C=C\C/C=C\C/C=C\CCCCCCCC(=O)OCC(COC(=O)CCCCCCC/C=C\C/C=C\CCCCC)OC(=O)CCCCCC/C=C\C/C=C\C/C=C\C/C=C\CC. The van der Waals surface area contributed by atoms with E-state index in [1.165, 1.54) is 25.7 Å². The summed E-state index contributed by atoms with van der Waals surface area (Å²) < 4.78 is 16.9. The highest BCUT2D eigenvalue weighted by Crippen LogP contribution is 2.13. The number of rotatable bonds is 58. The van der Waals surface area contributed by atoms with E-state index in [2.05, 4.69) is 203 Å². The average molecular weight is 1140 g/mol. The summed E-state index contributed by atoms with van der Waals surface area (Å²) in [4.78, 5) is 38.3. The van der Waals surface area contributed by atoms with Gasteiger partial charge in [-0.15, -0.1) is 0 Å². The molecule has 0 aromatic heterocycles. The Bertz CT molecular complexity index is 1940. The second-order valence-corrected chi connectivity index (χ2v) is 21.3. The number of carbonyl (C=O) groups excluding carboxylic acids is 3. The predicted octanol–water partition coefficient (Wildman–Crippen LogP) is 23.2. The van der Waals surface area contributed by atoms with Crippen LogP contribution in [0.3, 0.4) is 0 Å². The van der Waals surface area contributed by atoms with Crippen molar-refractivity contribution in [2.24, 2.45) is 0 Å². The minimum absolute atomic E-state index is 0.110. The molecule has 0 aliphatic rings. The van der Waals surface area contributed by atoms with Gasteiger partial charge in [0.15, 0.2) is 6.10 Å². The lowest BCUT2D eigenvalue weighted by Gasteiger charge is -2.18. The van der Waals surface area contributed by atoms with Crippen molar-refractivity contribution in [1.29, 1.82) is 0 Å². The molecule has 0 radical (unpaired) electrons. The summed E-state index contributed by atoms with van der Waals surface area (Å²) in [6.07, 6.45) is 103. The Balaban J connectivity index is 4.42. The molecule has 0 heterocycles. The number of carbonyl (C=O) groups is 3. The van der Waals surface area contributed by atoms with Gasteiger partial charge in [0.25, 0.3) is 0 Å². The Morgan fingerprint density at radius 2 is 0.470 bits per heavy atom. The van der Waals surface area contributed by atoms with Crippen LogP contribution in [0.4, 0.5) is 0 Å². The van der Waals surface area contributed by atoms with Gasteiger partial charge in [-0.2, -0.15) is 0 Å². The van der Waals surface area contributed by atoms with Crippen LogP contribution in [0.1, 0.15) is 265 Å². The topological polar surface area (TPSA) is 78.9 Å². The average Bonchev–Trinajstić information content (AvgIpc) is 3.49. The Kier molecular flexibility index (Phi) is 64.4. The lowest BCUT2D eigenvalue weighted by atomic mass is 10.1. The van der Waals surface area contributed by atoms with Crippen LogP contribution in [0, 0.1) is 0 Å². The van der Waals surface area contributed by atoms with Crippen LogP contribution in [0.2, 0.25) is 0 Å². The molecule has 0 aromatic rings. The van der Waals surface area contributed by atoms with Crippen molar-refractivity contribution >= 4 is 17.9 Å². The zero-order chi connectivity index (χ0) is 59.9. The molecule has 6 heteroatoms. The highest BCUT2D eigenvalue weighted by molar-refractivity contribution is 5.71. The van der Waals surface area contributed by atoms with Gasteiger partial charge >= 0.3 is 17.9 Å². The molecule has 6 nitrogen and oxygen atoms in total. The molecule has 0 spiro atoms. The summed E-state index contributed by atoms with van der Waals surface area (Å²) in [6.45, 7) is 6.33. The Labute approximate surface area is 510 Å². The van der Waals surface area contributed by atoms with E-state index in [4.69, 9.17) is 14.2 Å². The van der Waals surface area contributed by atoms with Crippen LogP contribution in [-0.2, 0) is 28.6 Å². The minimum Gasteiger partial charge on any atom is -0.462 e. The Morgan fingerprint density at radius 3 is 0.735 bits per heavy atom. The van der Waals surface area contributed by atoms with Gasteiger partial charge in [-0.3, -0.25) is 14.4 Å². The zero-order valence-electron chi connectivity index (χ0n) is 53.1. The summed E-state index contributed by atoms with van der Waals surface area (Å²) in [6, 6.07) is 0.